The highest BCUT2D eigenvalue weighted by Gasteiger charge is 2.15. The molecule has 2 N–H and O–H groups in total. The molecule has 1 unspecified atom stereocenters. The molecule has 92 valence electrons. The lowest BCUT2D eigenvalue weighted by atomic mass is 10.1. The summed E-state index contributed by atoms with van der Waals surface area (Å²) in [6.07, 6.45) is 1.32. The van der Waals surface area contributed by atoms with E-state index in [9.17, 15) is 9.90 Å². The highest BCUT2D eigenvalue weighted by molar-refractivity contribution is 5.72. The van der Waals surface area contributed by atoms with Crippen LogP contribution in [0.5, 0.6) is 0 Å². The molecule has 0 radical (unpaired) electrons. The van der Waals surface area contributed by atoms with Gasteiger partial charge < -0.3 is 15.1 Å². The molecule has 0 saturated carbocycles. The number of carbonyl (C=O) groups is 1. The van der Waals surface area contributed by atoms with E-state index in [0.29, 0.717) is 0 Å². The largest absolute Gasteiger partial charge is 0.479 e. The normalized spacial score (nSPS) is 17.1. The lowest BCUT2D eigenvalue weighted by molar-refractivity contribution is -0.146. The Morgan fingerprint density at radius 3 is 2.35 bits per heavy atom. The van der Waals surface area contributed by atoms with Crippen LogP contribution in [0, 0.1) is 0 Å². The molecule has 0 spiro atoms. The van der Waals surface area contributed by atoms with Gasteiger partial charge in [0.25, 0.3) is 0 Å². The van der Waals surface area contributed by atoms with Crippen molar-refractivity contribution >= 4 is 11.7 Å². The van der Waals surface area contributed by atoms with Crippen molar-refractivity contribution < 1.29 is 15.0 Å². The second kappa shape index (κ2) is 5.19. The zero-order chi connectivity index (χ0) is 12.3. The van der Waals surface area contributed by atoms with Gasteiger partial charge in [0.15, 0.2) is 6.10 Å². The molecule has 1 aliphatic heterocycles. The van der Waals surface area contributed by atoms with Crippen molar-refractivity contribution in [3.8, 4) is 0 Å². The van der Waals surface area contributed by atoms with E-state index in [1.807, 2.05) is 24.3 Å². The monoisotopic (exact) mass is 235 g/mol. The highest BCUT2D eigenvalue weighted by atomic mass is 16.4. The summed E-state index contributed by atoms with van der Waals surface area (Å²) in [7, 11) is 0. The maximum atomic E-state index is 10.5. The fraction of sp³-hybridized carbons (Fsp3) is 0.462. The standard InChI is InChI=1S/C13H17NO3/c15-12(13(16)17)9-10-3-5-11(6-4-10)14-7-1-2-8-14/h3-6,12,15H,1-2,7-9H2,(H,16,17). The molecular formula is C13H17NO3. The Morgan fingerprint density at radius 2 is 1.82 bits per heavy atom. The fourth-order valence-electron chi connectivity index (χ4n) is 2.13. The zero-order valence-electron chi connectivity index (χ0n) is 9.67. The molecule has 0 aliphatic carbocycles. The van der Waals surface area contributed by atoms with Gasteiger partial charge in [-0.15, -0.1) is 0 Å². The van der Waals surface area contributed by atoms with E-state index < -0.39 is 12.1 Å². The first kappa shape index (κ1) is 11.9. The van der Waals surface area contributed by atoms with Crippen molar-refractivity contribution in [3.05, 3.63) is 29.8 Å². The van der Waals surface area contributed by atoms with E-state index in [1.165, 1.54) is 18.5 Å². The predicted octanol–water partition coefficient (Wildman–Crippen LogP) is 1.27. The zero-order valence-corrected chi connectivity index (χ0v) is 9.67. The van der Waals surface area contributed by atoms with Crippen LogP contribution in [0.3, 0.4) is 0 Å². The Hall–Kier alpha value is -1.55. The molecule has 1 heterocycles. The smallest absolute Gasteiger partial charge is 0.332 e. The SMILES string of the molecule is O=C(O)C(O)Cc1ccc(N2CCCC2)cc1. The molecule has 0 amide bonds. The maximum Gasteiger partial charge on any atom is 0.332 e. The molecule has 1 aromatic carbocycles. The van der Waals surface area contributed by atoms with Gasteiger partial charge in [-0.05, 0) is 30.5 Å². The van der Waals surface area contributed by atoms with Gasteiger partial charge in [-0.1, -0.05) is 12.1 Å². The molecule has 2 rings (SSSR count). The number of hydrogen-bond donors (Lipinski definition) is 2. The van der Waals surface area contributed by atoms with Crippen LogP contribution in [-0.2, 0) is 11.2 Å². The molecule has 1 fully saturated rings. The van der Waals surface area contributed by atoms with E-state index in [2.05, 4.69) is 4.90 Å². The van der Waals surface area contributed by atoms with Gasteiger partial charge in [-0.3, -0.25) is 0 Å². The molecule has 17 heavy (non-hydrogen) atoms. The van der Waals surface area contributed by atoms with E-state index in [0.717, 1.165) is 18.7 Å². The second-order valence-electron chi connectivity index (χ2n) is 4.42. The maximum absolute atomic E-state index is 10.5. The van der Waals surface area contributed by atoms with Crippen molar-refractivity contribution in [3.63, 3.8) is 0 Å². The molecule has 1 aromatic rings. The van der Waals surface area contributed by atoms with E-state index >= 15 is 0 Å². The van der Waals surface area contributed by atoms with Gasteiger partial charge in [0, 0.05) is 25.2 Å². The van der Waals surface area contributed by atoms with Gasteiger partial charge in [0.2, 0.25) is 0 Å². The minimum absolute atomic E-state index is 0.162. The average molecular weight is 235 g/mol. The van der Waals surface area contributed by atoms with Gasteiger partial charge in [-0.25, -0.2) is 4.79 Å². The van der Waals surface area contributed by atoms with Crippen molar-refractivity contribution in [2.24, 2.45) is 0 Å². The number of aliphatic carboxylic acids is 1. The summed E-state index contributed by atoms with van der Waals surface area (Å²) in [5.74, 6) is -1.17. The lowest BCUT2D eigenvalue weighted by Gasteiger charge is -2.17. The Kier molecular flexibility index (Phi) is 3.64. The Labute approximate surface area is 100 Å². The van der Waals surface area contributed by atoms with E-state index in [-0.39, 0.29) is 6.42 Å². The van der Waals surface area contributed by atoms with Gasteiger partial charge >= 0.3 is 5.97 Å². The minimum Gasteiger partial charge on any atom is -0.479 e. The third kappa shape index (κ3) is 2.97. The van der Waals surface area contributed by atoms with Crippen LogP contribution in [0.2, 0.25) is 0 Å². The number of aliphatic hydroxyl groups excluding tert-OH is 1. The number of carboxylic acids is 1. The predicted molar refractivity (Wildman–Crippen MR) is 65.2 cm³/mol. The molecule has 4 nitrogen and oxygen atoms in total. The molecular weight excluding hydrogens is 218 g/mol. The summed E-state index contributed by atoms with van der Waals surface area (Å²) in [5.41, 5.74) is 2.03. The third-order valence-corrected chi connectivity index (χ3v) is 3.12. The molecule has 1 aliphatic rings. The van der Waals surface area contributed by atoms with Crippen molar-refractivity contribution in [2.75, 3.05) is 18.0 Å². The summed E-state index contributed by atoms with van der Waals surface area (Å²) in [6.45, 7) is 2.19. The van der Waals surface area contributed by atoms with E-state index in [1.54, 1.807) is 0 Å². The number of hydrogen-bond acceptors (Lipinski definition) is 3. The number of aliphatic hydroxyl groups is 1. The van der Waals surface area contributed by atoms with Crippen LogP contribution in [-0.4, -0.2) is 35.4 Å². The van der Waals surface area contributed by atoms with Gasteiger partial charge in [0.05, 0.1) is 0 Å². The lowest BCUT2D eigenvalue weighted by Crippen LogP contribution is -2.22. The van der Waals surface area contributed by atoms with Gasteiger partial charge in [0.1, 0.15) is 0 Å². The number of benzene rings is 1. The summed E-state index contributed by atoms with van der Waals surface area (Å²) in [5, 5.41) is 17.9. The number of anilines is 1. The van der Waals surface area contributed by atoms with Crippen LogP contribution in [0.1, 0.15) is 18.4 Å². The average Bonchev–Trinajstić information content (AvgIpc) is 2.83. The first-order valence-corrected chi connectivity index (χ1v) is 5.91. The summed E-state index contributed by atoms with van der Waals surface area (Å²) in [6, 6.07) is 7.77. The summed E-state index contributed by atoms with van der Waals surface area (Å²) >= 11 is 0. The highest BCUT2D eigenvalue weighted by Crippen LogP contribution is 2.20. The van der Waals surface area contributed by atoms with Crippen molar-refractivity contribution in [1.82, 2.24) is 0 Å². The van der Waals surface area contributed by atoms with Crippen LogP contribution in [0.15, 0.2) is 24.3 Å². The van der Waals surface area contributed by atoms with Crippen LogP contribution in [0.25, 0.3) is 0 Å². The molecule has 1 atom stereocenters. The topological polar surface area (TPSA) is 60.8 Å². The minimum atomic E-state index is -1.31. The van der Waals surface area contributed by atoms with Crippen LogP contribution < -0.4 is 4.90 Å². The summed E-state index contributed by atoms with van der Waals surface area (Å²) in [4.78, 5) is 12.8. The van der Waals surface area contributed by atoms with Gasteiger partial charge in [-0.2, -0.15) is 0 Å². The van der Waals surface area contributed by atoms with Crippen LogP contribution >= 0.6 is 0 Å². The Morgan fingerprint density at radius 1 is 1.24 bits per heavy atom. The molecule has 0 aromatic heterocycles. The van der Waals surface area contributed by atoms with Crippen molar-refractivity contribution in [2.45, 2.75) is 25.4 Å². The van der Waals surface area contributed by atoms with E-state index in [4.69, 9.17) is 5.11 Å². The fourth-order valence-corrected chi connectivity index (χ4v) is 2.13. The first-order chi connectivity index (χ1) is 8.16. The first-order valence-electron chi connectivity index (χ1n) is 5.91. The molecule has 1 saturated heterocycles. The number of rotatable bonds is 4. The third-order valence-electron chi connectivity index (χ3n) is 3.12. The van der Waals surface area contributed by atoms with Crippen molar-refractivity contribution in [1.29, 1.82) is 0 Å². The summed E-state index contributed by atoms with van der Waals surface area (Å²) < 4.78 is 0. The quantitative estimate of drug-likeness (QED) is 0.825. The number of nitrogens with zero attached hydrogens (tertiary/aromatic N) is 1. The molecule has 4 heteroatoms. The second-order valence-corrected chi connectivity index (χ2v) is 4.42. The molecule has 0 bridgehead atoms. The Bertz CT molecular complexity index is 382. The Balaban J connectivity index is 2.00. The number of carboxylic acid groups (broad SMARTS) is 1. The van der Waals surface area contributed by atoms with Crippen LogP contribution in [0.4, 0.5) is 5.69 Å².